The number of aryl methyl sites for hydroxylation is 1. The molecular weight excluding hydrogens is 312 g/mol. The van der Waals surface area contributed by atoms with E-state index in [0.29, 0.717) is 23.2 Å². The van der Waals surface area contributed by atoms with Crippen molar-refractivity contribution < 1.29 is 8.42 Å². The number of anilines is 2. The van der Waals surface area contributed by atoms with Crippen molar-refractivity contribution in [2.45, 2.75) is 18.7 Å². The lowest BCUT2D eigenvalue weighted by atomic mass is 10.2. The molecule has 2 rings (SSSR count). The van der Waals surface area contributed by atoms with Gasteiger partial charge < -0.3 is 5.32 Å². The Morgan fingerprint density at radius 3 is 2.52 bits per heavy atom. The molecule has 1 heterocycles. The second kappa shape index (κ2) is 6.28. The van der Waals surface area contributed by atoms with Crippen molar-refractivity contribution in [3.63, 3.8) is 0 Å². The summed E-state index contributed by atoms with van der Waals surface area (Å²) in [5.74, 6) is 0.385. The van der Waals surface area contributed by atoms with Crippen LogP contribution in [0.1, 0.15) is 12.5 Å². The van der Waals surface area contributed by atoms with E-state index in [-0.39, 0.29) is 4.90 Å². The number of rotatable bonds is 5. The molecule has 1 aromatic heterocycles. The van der Waals surface area contributed by atoms with E-state index in [1.165, 1.54) is 12.4 Å². The van der Waals surface area contributed by atoms with E-state index in [1.54, 1.807) is 25.1 Å². The van der Waals surface area contributed by atoms with Crippen LogP contribution in [0.25, 0.3) is 0 Å². The highest BCUT2D eigenvalue weighted by molar-refractivity contribution is 7.92. The van der Waals surface area contributed by atoms with Gasteiger partial charge in [0.2, 0.25) is 5.95 Å². The minimum absolute atomic E-state index is 0.0106. The molecule has 0 spiro atoms. The maximum atomic E-state index is 12.3. The summed E-state index contributed by atoms with van der Waals surface area (Å²) in [5.41, 5.74) is 1.20. The monoisotopic (exact) mass is 326 g/mol. The molecule has 0 radical (unpaired) electrons. The van der Waals surface area contributed by atoms with Crippen LogP contribution >= 0.6 is 11.6 Å². The van der Waals surface area contributed by atoms with Crippen LogP contribution in [0.2, 0.25) is 5.02 Å². The average molecular weight is 327 g/mol. The van der Waals surface area contributed by atoms with Crippen molar-refractivity contribution in [3.8, 4) is 0 Å². The van der Waals surface area contributed by atoms with E-state index in [0.717, 1.165) is 5.56 Å². The first-order valence-corrected chi connectivity index (χ1v) is 8.13. The zero-order valence-electron chi connectivity index (χ0n) is 11.6. The lowest BCUT2D eigenvalue weighted by Gasteiger charge is -2.10. The van der Waals surface area contributed by atoms with E-state index in [2.05, 4.69) is 20.0 Å². The summed E-state index contributed by atoms with van der Waals surface area (Å²) in [4.78, 5) is 7.89. The lowest BCUT2D eigenvalue weighted by molar-refractivity contribution is 0.600. The molecule has 0 saturated heterocycles. The Bertz CT molecular complexity index is 732. The Morgan fingerprint density at radius 2 is 1.90 bits per heavy atom. The third-order valence-electron chi connectivity index (χ3n) is 2.72. The summed E-state index contributed by atoms with van der Waals surface area (Å²) < 4.78 is 27.0. The molecule has 0 fully saturated rings. The molecule has 0 atom stereocenters. The molecule has 0 aliphatic carbocycles. The zero-order valence-corrected chi connectivity index (χ0v) is 13.2. The summed E-state index contributed by atoms with van der Waals surface area (Å²) in [6.45, 7) is 4.35. The van der Waals surface area contributed by atoms with Gasteiger partial charge >= 0.3 is 0 Å². The molecule has 0 aliphatic heterocycles. The number of nitrogens with zero attached hydrogens (tertiary/aromatic N) is 2. The van der Waals surface area contributed by atoms with E-state index in [9.17, 15) is 8.42 Å². The Hall–Kier alpha value is -1.86. The number of hydrogen-bond donors (Lipinski definition) is 2. The molecule has 8 heteroatoms. The standard InChI is InChI=1S/C13H15ClN4O2S/c1-3-15-13-16-7-11(8-17-13)21(19,20)18-12-6-10(14)5-4-9(12)2/h4-8,18H,3H2,1-2H3,(H,15,16,17). The van der Waals surface area contributed by atoms with Gasteiger partial charge in [0.1, 0.15) is 4.90 Å². The summed E-state index contributed by atoms with van der Waals surface area (Å²) in [6, 6.07) is 5.00. The van der Waals surface area contributed by atoms with Crippen molar-refractivity contribution in [2.24, 2.45) is 0 Å². The van der Waals surface area contributed by atoms with E-state index in [4.69, 9.17) is 11.6 Å². The SMILES string of the molecule is CCNc1ncc(S(=O)(=O)Nc2cc(Cl)ccc2C)cn1. The fraction of sp³-hybridized carbons (Fsp3) is 0.231. The van der Waals surface area contributed by atoms with Crippen LogP contribution in [0.4, 0.5) is 11.6 Å². The van der Waals surface area contributed by atoms with Crippen LogP contribution in [0.3, 0.4) is 0 Å². The normalized spacial score (nSPS) is 11.2. The van der Waals surface area contributed by atoms with Crippen molar-refractivity contribution >= 4 is 33.3 Å². The number of aromatic nitrogens is 2. The van der Waals surface area contributed by atoms with E-state index in [1.807, 2.05) is 6.92 Å². The molecule has 0 amide bonds. The van der Waals surface area contributed by atoms with Crippen LogP contribution in [0, 0.1) is 6.92 Å². The van der Waals surface area contributed by atoms with Gasteiger partial charge in [-0.15, -0.1) is 0 Å². The largest absolute Gasteiger partial charge is 0.355 e. The van der Waals surface area contributed by atoms with Gasteiger partial charge in [0.05, 0.1) is 18.1 Å². The van der Waals surface area contributed by atoms with Crippen LogP contribution in [-0.4, -0.2) is 24.9 Å². The number of nitrogens with one attached hydrogen (secondary N) is 2. The Kier molecular flexibility index (Phi) is 4.64. The van der Waals surface area contributed by atoms with Crippen LogP contribution < -0.4 is 10.0 Å². The number of sulfonamides is 1. The zero-order chi connectivity index (χ0) is 15.5. The van der Waals surface area contributed by atoms with Crippen molar-refractivity contribution in [3.05, 3.63) is 41.2 Å². The van der Waals surface area contributed by atoms with Crippen LogP contribution in [0.15, 0.2) is 35.5 Å². The molecule has 0 unspecified atom stereocenters. The van der Waals surface area contributed by atoms with Gasteiger partial charge in [0, 0.05) is 11.6 Å². The Balaban J connectivity index is 2.27. The van der Waals surface area contributed by atoms with E-state index < -0.39 is 10.0 Å². The molecule has 0 aliphatic rings. The molecule has 0 bridgehead atoms. The second-order valence-electron chi connectivity index (χ2n) is 4.34. The third-order valence-corrected chi connectivity index (χ3v) is 4.27. The van der Waals surface area contributed by atoms with Gasteiger partial charge in [0.25, 0.3) is 10.0 Å². The first-order valence-electron chi connectivity index (χ1n) is 6.27. The first kappa shape index (κ1) is 15.5. The Morgan fingerprint density at radius 1 is 1.24 bits per heavy atom. The number of benzene rings is 1. The third kappa shape index (κ3) is 3.83. The molecule has 6 nitrogen and oxygen atoms in total. The quantitative estimate of drug-likeness (QED) is 0.882. The molecular formula is C13H15ClN4O2S. The topological polar surface area (TPSA) is 84.0 Å². The van der Waals surface area contributed by atoms with E-state index >= 15 is 0 Å². The van der Waals surface area contributed by atoms with Gasteiger partial charge in [-0.2, -0.15) is 0 Å². The van der Waals surface area contributed by atoms with Crippen molar-refractivity contribution in [1.29, 1.82) is 0 Å². The van der Waals surface area contributed by atoms with Gasteiger partial charge in [-0.3, -0.25) is 4.72 Å². The predicted octanol–water partition coefficient (Wildman–Crippen LogP) is 2.67. The highest BCUT2D eigenvalue weighted by Gasteiger charge is 2.16. The van der Waals surface area contributed by atoms with Crippen LogP contribution in [0.5, 0.6) is 0 Å². The molecule has 2 N–H and O–H groups in total. The highest BCUT2D eigenvalue weighted by atomic mass is 35.5. The number of hydrogen-bond acceptors (Lipinski definition) is 5. The summed E-state index contributed by atoms with van der Waals surface area (Å²) >= 11 is 5.88. The fourth-order valence-electron chi connectivity index (χ4n) is 1.61. The van der Waals surface area contributed by atoms with Gasteiger partial charge in [0.15, 0.2) is 0 Å². The predicted molar refractivity (Wildman–Crippen MR) is 83.2 cm³/mol. The minimum Gasteiger partial charge on any atom is -0.355 e. The van der Waals surface area contributed by atoms with Crippen molar-refractivity contribution in [2.75, 3.05) is 16.6 Å². The average Bonchev–Trinajstić information content (AvgIpc) is 2.44. The molecule has 0 saturated carbocycles. The second-order valence-corrected chi connectivity index (χ2v) is 6.46. The van der Waals surface area contributed by atoms with Crippen LogP contribution in [-0.2, 0) is 10.0 Å². The summed E-state index contributed by atoms with van der Waals surface area (Å²) in [7, 11) is -3.75. The lowest BCUT2D eigenvalue weighted by Crippen LogP contribution is -2.15. The minimum atomic E-state index is -3.75. The Labute approximate surface area is 128 Å². The molecule has 2 aromatic rings. The number of halogens is 1. The molecule has 21 heavy (non-hydrogen) atoms. The molecule has 1 aromatic carbocycles. The highest BCUT2D eigenvalue weighted by Crippen LogP contribution is 2.23. The fourth-order valence-corrected chi connectivity index (χ4v) is 2.79. The smallest absolute Gasteiger partial charge is 0.264 e. The van der Waals surface area contributed by atoms with Gasteiger partial charge in [-0.25, -0.2) is 18.4 Å². The summed E-state index contributed by atoms with van der Waals surface area (Å²) in [6.07, 6.45) is 2.51. The van der Waals surface area contributed by atoms with Gasteiger partial charge in [-0.05, 0) is 31.5 Å². The van der Waals surface area contributed by atoms with Crippen molar-refractivity contribution in [1.82, 2.24) is 9.97 Å². The first-order chi connectivity index (χ1) is 9.92. The molecule has 112 valence electrons. The maximum Gasteiger partial charge on any atom is 0.264 e. The summed E-state index contributed by atoms with van der Waals surface area (Å²) in [5, 5.41) is 3.35. The van der Waals surface area contributed by atoms with Gasteiger partial charge in [-0.1, -0.05) is 17.7 Å². The maximum absolute atomic E-state index is 12.3.